The Morgan fingerprint density at radius 3 is 2.59 bits per heavy atom. The lowest BCUT2D eigenvalue weighted by Gasteiger charge is -2.34. The van der Waals surface area contributed by atoms with Crippen molar-refractivity contribution >= 4 is 12.4 Å². The summed E-state index contributed by atoms with van der Waals surface area (Å²) in [6.45, 7) is 4.14. The number of fused-ring (bicyclic) bond motifs is 1. The van der Waals surface area contributed by atoms with Gasteiger partial charge in [-0.15, -0.1) is 12.4 Å². The molecule has 2 heterocycles. The van der Waals surface area contributed by atoms with Crippen LogP contribution in [0.1, 0.15) is 36.5 Å². The third-order valence-electron chi connectivity index (χ3n) is 4.58. The molecule has 0 aliphatic carbocycles. The smallest absolute Gasteiger partial charge is 0.164 e. The number of halogens is 1. The topological polar surface area (TPSA) is 30.9 Å². The first-order valence-corrected chi connectivity index (χ1v) is 7.91. The first-order chi connectivity index (χ1) is 10.3. The lowest BCUT2D eigenvalue weighted by molar-refractivity contribution is 0.0115. The van der Waals surface area contributed by atoms with Crippen LogP contribution in [0.4, 0.5) is 0 Å². The normalized spacial score (nSPS) is 21.6. The molecule has 2 aliphatic rings. The lowest BCUT2D eigenvalue weighted by atomic mass is 9.95. The number of piperidine rings is 1. The van der Waals surface area contributed by atoms with Crippen LogP contribution in [0.2, 0.25) is 0 Å². The van der Waals surface area contributed by atoms with Crippen LogP contribution in [0.5, 0.6) is 11.5 Å². The summed E-state index contributed by atoms with van der Waals surface area (Å²) in [5, 5.41) is 0. The van der Waals surface area contributed by atoms with Gasteiger partial charge in [-0.2, -0.15) is 0 Å². The number of hydrogen-bond acceptors (Lipinski definition) is 4. The second-order valence-corrected chi connectivity index (χ2v) is 5.84. The highest BCUT2D eigenvalue weighted by Crippen LogP contribution is 2.39. The van der Waals surface area contributed by atoms with Crippen molar-refractivity contribution in [3.05, 3.63) is 23.3 Å². The summed E-state index contributed by atoms with van der Waals surface area (Å²) in [5.41, 5.74) is 2.52. The molecule has 124 valence electrons. The minimum atomic E-state index is 0. The van der Waals surface area contributed by atoms with Gasteiger partial charge in [0, 0.05) is 12.1 Å². The molecule has 0 bridgehead atoms. The molecule has 0 spiro atoms. The summed E-state index contributed by atoms with van der Waals surface area (Å²) in [6, 6.07) is 4.14. The predicted molar refractivity (Wildman–Crippen MR) is 89.5 cm³/mol. The standard InChI is InChI=1S/C17H25NO3.ClH/c1-19-15-7-6-13-14(17(15)20-2)8-11-21-16(13)12-18-9-4-3-5-10-18;/h6-7,16H,3-5,8-12H2,1-2H3;1H. The minimum absolute atomic E-state index is 0. The Labute approximate surface area is 139 Å². The Morgan fingerprint density at radius 2 is 1.91 bits per heavy atom. The first kappa shape index (κ1) is 17.4. The van der Waals surface area contributed by atoms with E-state index in [0.29, 0.717) is 0 Å². The number of methoxy groups -OCH3 is 2. The van der Waals surface area contributed by atoms with E-state index in [0.717, 1.165) is 31.1 Å². The monoisotopic (exact) mass is 327 g/mol. The van der Waals surface area contributed by atoms with Crippen molar-refractivity contribution in [2.24, 2.45) is 0 Å². The average molecular weight is 328 g/mol. The highest BCUT2D eigenvalue weighted by Gasteiger charge is 2.27. The van der Waals surface area contributed by atoms with Crippen LogP contribution in [-0.2, 0) is 11.2 Å². The molecule has 1 saturated heterocycles. The van der Waals surface area contributed by atoms with Crippen LogP contribution in [0.15, 0.2) is 12.1 Å². The SMILES string of the molecule is COc1ccc2c(c1OC)CCOC2CN1CCCCC1.Cl. The molecule has 1 unspecified atom stereocenters. The highest BCUT2D eigenvalue weighted by atomic mass is 35.5. The summed E-state index contributed by atoms with van der Waals surface area (Å²) in [4.78, 5) is 2.53. The summed E-state index contributed by atoms with van der Waals surface area (Å²) in [6.07, 6.45) is 5.04. The van der Waals surface area contributed by atoms with Crippen molar-refractivity contribution in [2.45, 2.75) is 31.8 Å². The zero-order chi connectivity index (χ0) is 14.7. The molecule has 4 nitrogen and oxygen atoms in total. The molecule has 2 aliphatic heterocycles. The molecule has 1 atom stereocenters. The Morgan fingerprint density at radius 1 is 1.14 bits per heavy atom. The average Bonchev–Trinajstić information content (AvgIpc) is 2.55. The molecule has 3 rings (SSSR count). The van der Waals surface area contributed by atoms with E-state index in [1.54, 1.807) is 14.2 Å². The van der Waals surface area contributed by atoms with Gasteiger partial charge in [0.25, 0.3) is 0 Å². The second-order valence-electron chi connectivity index (χ2n) is 5.84. The van der Waals surface area contributed by atoms with Crippen LogP contribution in [0.3, 0.4) is 0 Å². The quantitative estimate of drug-likeness (QED) is 0.849. The number of likely N-dealkylation sites (tertiary alicyclic amines) is 1. The highest BCUT2D eigenvalue weighted by molar-refractivity contribution is 5.85. The van der Waals surface area contributed by atoms with Crippen molar-refractivity contribution in [3.63, 3.8) is 0 Å². The molecular formula is C17H26ClNO3. The van der Waals surface area contributed by atoms with Crippen LogP contribution in [-0.4, -0.2) is 45.4 Å². The molecule has 0 N–H and O–H groups in total. The van der Waals surface area contributed by atoms with E-state index in [-0.39, 0.29) is 18.5 Å². The van der Waals surface area contributed by atoms with Gasteiger partial charge in [-0.05, 0) is 44.0 Å². The number of nitrogens with zero attached hydrogens (tertiary/aromatic N) is 1. The maximum Gasteiger partial charge on any atom is 0.164 e. The van der Waals surface area contributed by atoms with Gasteiger partial charge >= 0.3 is 0 Å². The van der Waals surface area contributed by atoms with Gasteiger partial charge in [-0.1, -0.05) is 12.5 Å². The maximum atomic E-state index is 6.04. The van der Waals surface area contributed by atoms with Crippen LogP contribution in [0, 0.1) is 0 Å². The van der Waals surface area contributed by atoms with Crippen molar-refractivity contribution in [1.29, 1.82) is 0 Å². The molecule has 0 amide bonds. The van der Waals surface area contributed by atoms with Gasteiger partial charge in [0.05, 0.1) is 26.9 Å². The van der Waals surface area contributed by atoms with E-state index in [1.807, 2.05) is 6.07 Å². The Bertz CT molecular complexity index is 489. The number of rotatable bonds is 4. The second kappa shape index (κ2) is 8.04. The Kier molecular flexibility index (Phi) is 6.36. The zero-order valence-corrected chi connectivity index (χ0v) is 14.3. The fraction of sp³-hybridized carbons (Fsp3) is 0.647. The fourth-order valence-electron chi connectivity index (χ4n) is 3.49. The summed E-state index contributed by atoms with van der Waals surface area (Å²) >= 11 is 0. The van der Waals surface area contributed by atoms with Crippen molar-refractivity contribution < 1.29 is 14.2 Å². The van der Waals surface area contributed by atoms with Crippen molar-refractivity contribution in [2.75, 3.05) is 40.5 Å². The number of hydrogen-bond donors (Lipinski definition) is 0. The Hall–Kier alpha value is -0.970. The third-order valence-corrected chi connectivity index (χ3v) is 4.58. The fourth-order valence-corrected chi connectivity index (χ4v) is 3.49. The summed E-state index contributed by atoms with van der Waals surface area (Å²) < 4.78 is 17.0. The molecule has 1 aromatic carbocycles. The molecule has 1 aromatic rings. The number of ether oxygens (including phenoxy) is 3. The largest absolute Gasteiger partial charge is 0.493 e. The third kappa shape index (κ3) is 3.50. The van der Waals surface area contributed by atoms with Crippen molar-refractivity contribution in [3.8, 4) is 11.5 Å². The van der Waals surface area contributed by atoms with Crippen LogP contribution in [0.25, 0.3) is 0 Å². The van der Waals surface area contributed by atoms with Gasteiger partial charge in [-0.3, -0.25) is 0 Å². The van der Waals surface area contributed by atoms with E-state index < -0.39 is 0 Å². The van der Waals surface area contributed by atoms with E-state index in [9.17, 15) is 0 Å². The zero-order valence-electron chi connectivity index (χ0n) is 13.5. The van der Waals surface area contributed by atoms with Crippen LogP contribution < -0.4 is 9.47 Å². The van der Waals surface area contributed by atoms with Gasteiger partial charge < -0.3 is 19.1 Å². The van der Waals surface area contributed by atoms with Crippen molar-refractivity contribution in [1.82, 2.24) is 4.90 Å². The predicted octanol–water partition coefficient (Wildman–Crippen LogP) is 3.23. The van der Waals surface area contributed by atoms with E-state index in [4.69, 9.17) is 14.2 Å². The summed E-state index contributed by atoms with van der Waals surface area (Å²) in [5.74, 6) is 1.69. The van der Waals surface area contributed by atoms with Gasteiger partial charge in [-0.25, -0.2) is 0 Å². The molecule has 0 saturated carbocycles. The van der Waals surface area contributed by atoms with E-state index in [2.05, 4.69) is 11.0 Å². The van der Waals surface area contributed by atoms with E-state index in [1.165, 1.54) is 43.5 Å². The van der Waals surface area contributed by atoms with E-state index >= 15 is 0 Å². The minimum Gasteiger partial charge on any atom is -0.493 e. The molecule has 0 aromatic heterocycles. The molecule has 0 radical (unpaired) electrons. The molecule has 5 heteroatoms. The summed E-state index contributed by atoms with van der Waals surface area (Å²) in [7, 11) is 3.40. The first-order valence-electron chi connectivity index (χ1n) is 7.91. The molecule has 22 heavy (non-hydrogen) atoms. The van der Waals surface area contributed by atoms with Crippen LogP contribution >= 0.6 is 12.4 Å². The molecular weight excluding hydrogens is 302 g/mol. The molecule has 1 fully saturated rings. The Balaban J connectivity index is 0.00000176. The van der Waals surface area contributed by atoms with Gasteiger partial charge in [0.15, 0.2) is 11.5 Å². The van der Waals surface area contributed by atoms with Gasteiger partial charge in [0.1, 0.15) is 0 Å². The lowest BCUT2D eigenvalue weighted by Crippen LogP contribution is -2.35. The number of benzene rings is 1. The van der Waals surface area contributed by atoms with Gasteiger partial charge in [0.2, 0.25) is 0 Å². The maximum absolute atomic E-state index is 6.04.